The Hall–Kier alpha value is -1.66. The van der Waals surface area contributed by atoms with Gasteiger partial charge in [-0.05, 0) is 18.4 Å². The summed E-state index contributed by atoms with van der Waals surface area (Å²) in [6.07, 6.45) is 1.82. The molecule has 3 heterocycles. The van der Waals surface area contributed by atoms with E-state index < -0.39 is 0 Å². The molecule has 1 fully saturated rings. The second-order valence-corrected chi connectivity index (χ2v) is 5.89. The molecule has 0 saturated carbocycles. The van der Waals surface area contributed by atoms with E-state index in [-0.39, 0.29) is 12.0 Å². The van der Waals surface area contributed by atoms with Gasteiger partial charge in [-0.1, -0.05) is 6.07 Å². The Kier molecular flexibility index (Phi) is 3.58. The molecular formula is C14H17N3O2S. The number of thiophene rings is 1. The van der Waals surface area contributed by atoms with Gasteiger partial charge in [-0.2, -0.15) is 0 Å². The first kappa shape index (κ1) is 13.3. The van der Waals surface area contributed by atoms with E-state index >= 15 is 0 Å². The molecule has 3 rings (SSSR count). The molecule has 0 aliphatic carbocycles. The summed E-state index contributed by atoms with van der Waals surface area (Å²) in [6, 6.07) is 3.76. The molecule has 106 valence electrons. The summed E-state index contributed by atoms with van der Waals surface area (Å²) in [7, 11) is 1.96. The Morgan fingerprint density at radius 1 is 1.55 bits per heavy atom. The molecule has 1 atom stereocenters. The van der Waals surface area contributed by atoms with Gasteiger partial charge < -0.3 is 14.2 Å². The van der Waals surface area contributed by atoms with Crippen molar-refractivity contribution in [1.82, 2.24) is 14.5 Å². The summed E-state index contributed by atoms with van der Waals surface area (Å²) < 4.78 is 7.75. The summed E-state index contributed by atoms with van der Waals surface area (Å²) in [4.78, 5) is 19.5. The lowest BCUT2D eigenvalue weighted by atomic mass is 10.2. The zero-order chi connectivity index (χ0) is 14.1. The molecule has 1 amide bonds. The minimum atomic E-state index is -0.147. The summed E-state index contributed by atoms with van der Waals surface area (Å²) in [5.74, 6) is 0.963. The summed E-state index contributed by atoms with van der Waals surface area (Å²) >= 11 is 1.48. The van der Waals surface area contributed by atoms with Crippen LogP contribution in [0.1, 0.15) is 27.3 Å². The number of carbonyl (C=O) groups excluding carboxylic acids is 1. The van der Waals surface area contributed by atoms with E-state index in [0.717, 1.165) is 16.4 Å². The van der Waals surface area contributed by atoms with Gasteiger partial charge in [0.05, 0.1) is 23.7 Å². The number of nitrogens with zero attached hydrogens (tertiary/aromatic N) is 3. The second-order valence-electron chi connectivity index (χ2n) is 4.94. The van der Waals surface area contributed by atoms with Crippen molar-refractivity contribution >= 4 is 17.2 Å². The van der Waals surface area contributed by atoms with Crippen molar-refractivity contribution < 1.29 is 9.53 Å². The van der Waals surface area contributed by atoms with Crippen molar-refractivity contribution in [2.75, 3.05) is 19.7 Å². The maximum atomic E-state index is 12.4. The van der Waals surface area contributed by atoms with Gasteiger partial charge in [0.2, 0.25) is 0 Å². The van der Waals surface area contributed by atoms with Crippen molar-refractivity contribution in [3.05, 3.63) is 40.1 Å². The molecule has 20 heavy (non-hydrogen) atoms. The van der Waals surface area contributed by atoms with E-state index in [2.05, 4.69) is 4.98 Å². The number of aryl methyl sites for hydroxylation is 2. The Morgan fingerprint density at radius 2 is 2.40 bits per heavy atom. The number of aromatic nitrogens is 2. The van der Waals surface area contributed by atoms with Gasteiger partial charge in [-0.15, -0.1) is 11.3 Å². The van der Waals surface area contributed by atoms with Crippen LogP contribution in [0, 0.1) is 6.92 Å². The topological polar surface area (TPSA) is 47.4 Å². The molecule has 1 aliphatic heterocycles. The van der Waals surface area contributed by atoms with E-state index in [0.29, 0.717) is 19.7 Å². The number of ether oxygens (including phenoxy) is 1. The third-order valence-corrected chi connectivity index (χ3v) is 4.26. The van der Waals surface area contributed by atoms with Gasteiger partial charge in [0.15, 0.2) is 0 Å². The van der Waals surface area contributed by atoms with Crippen molar-refractivity contribution in [2.45, 2.75) is 13.0 Å². The van der Waals surface area contributed by atoms with Crippen LogP contribution in [0.15, 0.2) is 23.7 Å². The summed E-state index contributed by atoms with van der Waals surface area (Å²) in [5, 5.41) is 1.92. The highest BCUT2D eigenvalue weighted by atomic mass is 32.1. The standard InChI is InChI=1S/C14H17N3O2S/c1-10-8-16(2)13(15-10)11-9-17(5-6-19-11)14(18)12-4-3-7-20-12/h3-4,7-8,11H,5-6,9H2,1-2H3/t11-/m1/s1. The lowest BCUT2D eigenvalue weighted by molar-refractivity contribution is -0.0277. The molecule has 0 radical (unpaired) electrons. The molecule has 1 saturated heterocycles. The molecule has 0 N–H and O–H groups in total. The van der Waals surface area contributed by atoms with Crippen LogP contribution < -0.4 is 0 Å². The second kappa shape index (κ2) is 5.38. The first-order valence-electron chi connectivity index (χ1n) is 6.59. The minimum absolute atomic E-state index is 0.0826. The van der Waals surface area contributed by atoms with Crippen LogP contribution in [-0.4, -0.2) is 40.1 Å². The van der Waals surface area contributed by atoms with E-state index in [1.165, 1.54) is 11.3 Å². The van der Waals surface area contributed by atoms with Gasteiger partial charge in [-0.25, -0.2) is 4.98 Å². The fraction of sp³-hybridized carbons (Fsp3) is 0.429. The number of hydrogen-bond donors (Lipinski definition) is 0. The van der Waals surface area contributed by atoms with Crippen molar-refractivity contribution in [3.63, 3.8) is 0 Å². The van der Waals surface area contributed by atoms with E-state index in [1.54, 1.807) is 0 Å². The highest BCUT2D eigenvalue weighted by Gasteiger charge is 2.28. The number of hydrogen-bond acceptors (Lipinski definition) is 4. The fourth-order valence-corrected chi connectivity index (χ4v) is 3.17. The van der Waals surface area contributed by atoms with Crippen LogP contribution in [-0.2, 0) is 11.8 Å². The molecular weight excluding hydrogens is 274 g/mol. The Bertz CT molecular complexity index is 606. The zero-order valence-corrected chi connectivity index (χ0v) is 12.4. The average molecular weight is 291 g/mol. The maximum Gasteiger partial charge on any atom is 0.264 e. The lowest BCUT2D eigenvalue weighted by Gasteiger charge is -2.32. The molecule has 1 aliphatic rings. The number of morpholine rings is 1. The smallest absolute Gasteiger partial charge is 0.264 e. The van der Waals surface area contributed by atoms with Gasteiger partial charge in [-0.3, -0.25) is 4.79 Å². The Morgan fingerprint density at radius 3 is 3.05 bits per heavy atom. The van der Waals surface area contributed by atoms with Crippen LogP contribution in [0.25, 0.3) is 0 Å². The molecule has 2 aromatic rings. The van der Waals surface area contributed by atoms with Crippen LogP contribution in [0.2, 0.25) is 0 Å². The van der Waals surface area contributed by atoms with Crippen molar-refractivity contribution in [2.24, 2.45) is 7.05 Å². The molecule has 0 bridgehead atoms. The van der Waals surface area contributed by atoms with Crippen molar-refractivity contribution in [3.8, 4) is 0 Å². The number of rotatable bonds is 2. The molecule has 0 spiro atoms. The van der Waals surface area contributed by atoms with Crippen LogP contribution in [0.4, 0.5) is 0 Å². The van der Waals surface area contributed by atoms with E-state index in [9.17, 15) is 4.79 Å². The predicted molar refractivity (Wildman–Crippen MR) is 76.9 cm³/mol. The fourth-order valence-electron chi connectivity index (χ4n) is 2.48. The summed E-state index contributed by atoms with van der Waals surface area (Å²) in [5.41, 5.74) is 0.966. The third-order valence-electron chi connectivity index (χ3n) is 3.41. The van der Waals surface area contributed by atoms with Crippen LogP contribution in [0.5, 0.6) is 0 Å². The number of amides is 1. The minimum Gasteiger partial charge on any atom is -0.367 e. The van der Waals surface area contributed by atoms with Gasteiger partial charge in [0.25, 0.3) is 5.91 Å². The normalized spacial score (nSPS) is 19.3. The van der Waals surface area contributed by atoms with Gasteiger partial charge in [0, 0.05) is 19.8 Å². The average Bonchev–Trinajstić information content (AvgIpc) is 3.08. The quantitative estimate of drug-likeness (QED) is 0.850. The monoisotopic (exact) mass is 291 g/mol. The first-order chi connectivity index (χ1) is 9.65. The molecule has 2 aromatic heterocycles. The third kappa shape index (κ3) is 2.48. The molecule has 5 nitrogen and oxygen atoms in total. The summed E-state index contributed by atoms with van der Waals surface area (Å²) in [6.45, 7) is 3.70. The molecule has 0 aromatic carbocycles. The Labute approximate surface area is 121 Å². The number of carbonyl (C=O) groups is 1. The molecule has 0 unspecified atom stereocenters. The van der Waals surface area contributed by atoms with Crippen LogP contribution >= 0.6 is 11.3 Å². The van der Waals surface area contributed by atoms with Crippen molar-refractivity contribution in [1.29, 1.82) is 0 Å². The Balaban J connectivity index is 1.77. The maximum absolute atomic E-state index is 12.4. The largest absolute Gasteiger partial charge is 0.367 e. The molecule has 6 heteroatoms. The predicted octanol–water partition coefficient (Wildman–Crippen LogP) is 2.00. The van der Waals surface area contributed by atoms with E-state index in [1.807, 2.05) is 47.1 Å². The SMILES string of the molecule is Cc1cn(C)c([C@H]2CN(C(=O)c3cccs3)CCO2)n1. The highest BCUT2D eigenvalue weighted by molar-refractivity contribution is 7.12. The van der Waals surface area contributed by atoms with Gasteiger partial charge >= 0.3 is 0 Å². The zero-order valence-electron chi connectivity index (χ0n) is 11.6. The van der Waals surface area contributed by atoms with Crippen LogP contribution in [0.3, 0.4) is 0 Å². The highest BCUT2D eigenvalue weighted by Crippen LogP contribution is 2.23. The lowest BCUT2D eigenvalue weighted by Crippen LogP contribution is -2.42. The number of imidazole rings is 1. The first-order valence-corrected chi connectivity index (χ1v) is 7.47. The van der Waals surface area contributed by atoms with Gasteiger partial charge in [0.1, 0.15) is 11.9 Å². The van der Waals surface area contributed by atoms with E-state index in [4.69, 9.17) is 4.74 Å².